The first-order chi connectivity index (χ1) is 18.9. The van der Waals surface area contributed by atoms with Gasteiger partial charge in [0.15, 0.2) is 23.0 Å². The summed E-state index contributed by atoms with van der Waals surface area (Å²) in [5.74, 6) is 2.26. The van der Waals surface area contributed by atoms with Crippen LogP contribution in [-0.4, -0.2) is 63.8 Å². The van der Waals surface area contributed by atoms with Crippen LogP contribution in [0.5, 0.6) is 23.0 Å². The molecule has 0 saturated heterocycles. The van der Waals surface area contributed by atoms with Gasteiger partial charge >= 0.3 is 0 Å². The molecule has 10 nitrogen and oxygen atoms in total. The molecule has 3 aromatic rings. The molecule has 10 heteroatoms. The number of amides is 1. The highest BCUT2D eigenvalue weighted by molar-refractivity contribution is 6.06. The number of nitrogens with zero attached hydrogens (tertiary/aromatic N) is 3. The van der Waals surface area contributed by atoms with Crippen molar-refractivity contribution in [1.82, 2.24) is 4.90 Å². The number of non-ortho nitro benzene ring substituents is 1. The van der Waals surface area contributed by atoms with Crippen LogP contribution in [0.15, 0.2) is 54.6 Å². The second kappa shape index (κ2) is 12.5. The van der Waals surface area contributed by atoms with Crippen LogP contribution >= 0.6 is 0 Å². The quantitative estimate of drug-likeness (QED) is 0.257. The van der Waals surface area contributed by atoms with Gasteiger partial charge in [-0.15, -0.1) is 0 Å². The highest BCUT2D eigenvalue weighted by atomic mass is 16.6. The van der Waals surface area contributed by atoms with Crippen LogP contribution in [-0.2, 0) is 13.0 Å². The third kappa shape index (κ3) is 6.23. The fraction of sp³-hybridized carbons (Fsp3) is 0.345. The normalized spacial score (nSPS) is 12.8. The van der Waals surface area contributed by atoms with Gasteiger partial charge in [0.25, 0.3) is 11.6 Å². The molecule has 4 rings (SSSR count). The van der Waals surface area contributed by atoms with Crippen molar-refractivity contribution >= 4 is 17.3 Å². The van der Waals surface area contributed by atoms with E-state index in [9.17, 15) is 14.9 Å². The summed E-state index contributed by atoms with van der Waals surface area (Å²) in [6.07, 6.45) is 1.62. The maximum absolute atomic E-state index is 13.6. The number of rotatable bonds is 11. The zero-order valence-corrected chi connectivity index (χ0v) is 22.6. The number of ether oxygens (including phenoxy) is 4. The van der Waals surface area contributed by atoms with Gasteiger partial charge in [-0.1, -0.05) is 0 Å². The molecule has 0 bridgehead atoms. The van der Waals surface area contributed by atoms with Gasteiger partial charge in [0.1, 0.15) is 0 Å². The van der Waals surface area contributed by atoms with E-state index in [0.29, 0.717) is 35.0 Å². The van der Waals surface area contributed by atoms with Gasteiger partial charge in [0, 0.05) is 55.6 Å². The molecule has 206 valence electrons. The standard InChI is InChI=1S/C29H33N3O7/c1-36-25-11-10-24(18-28(25)39-4)31(29(33)20-6-8-23(9-7-20)32(34)35)14-5-13-30-15-12-21-16-26(37-2)27(38-3)17-22(21)19-30/h6-11,16-18H,5,12-15,19H2,1-4H3. The fourth-order valence-corrected chi connectivity index (χ4v) is 4.81. The van der Waals surface area contributed by atoms with Crippen molar-refractivity contribution in [2.24, 2.45) is 0 Å². The molecular formula is C29H33N3O7. The van der Waals surface area contributed by atoms with Gasteiger partial charge < -0.3 is 23.8 Å². The lowest BCUT2D eigenvalue weighted by molar-refractivity contribution is -0.384. The summed E-state index contributed by atoms with van der Waals surface area (Å²) in [5, 5.41) is 11.1. The van der Waals surface area contributed by atoms with E-state index in [2.05, 4.69) is 4.90 Å². The molecule has 1 aliphatic rings. The molecule has 0 atom stereocenters. The molecule has 0 aromatic heterocycles. The molecule has 3 aromatic carbocycles. The molecule has 0 saturated carbocycles. The molecule has 0 spiro atoms. The van der Waals surface area contributed by atoms with Crippen LogP contribution in [0.3, 0.4) is 0 Å². The first kappa shape index (κ1) is 27.7. The Balaban J connectivity index is 1.51. The van der Waals surface area contributed by atoms with E-state index in [4.69, 9.17) is 18.9 Å². The zero-order chi connectivity index (χ0) is 27.9. The number of fused-ring (bicyclic) bond motifs is 1. The largest absolute Gasteiger partial charge is 0.493 e. The minimum atomic E-state index is -0.483. The van der Waals surface area contributed by atoms with Crippen molar-refractivity contribution in [3.8, 4) is 23.0 Å². The first-order valence-corrected chi connectivity index (χ1v) is 12.6. The number of methoxy groups -OCH3 is 4. The topological polar surface area (TPSA) is 104 Å². The number of hydrogen-bond acceptors (Lipinski definition) is 8. The van der Waals surface area contributed by atoms with Crippen molar-refractivity contribution < 1.29 is 28.7 Å². The van der Waals surface area contributed by atoms with E-state index >= 15 is 0 Å². The van der Waals surface area contributed by atoms with Crippen molar-refractivity contribution in [1.29, 1.82) is 0 Å². The highest BCUT2D eigenvalue weighted by Gasteiger charge is 2.23. The van der Waals surface area contributed by atoms with Gasteiger partial charge in [-0.2, -0.15) is 0 Å². The Kier molecular flexibility index (Phi) is 8.88. The zero-order valence-electron chi connectivity index (χ0n) is 22.6. The summed E-state index contributed by atoms with van der Waals surface area (Å²) >= 11 is 0. The van der Waals surface area contributed by atoms with Gasteiger partial charge in [0.05, 0.1) is 33.4 Å². The predicted molar refractivity (Wildman–Crippen MR) is 147 cm³/mol. The Morgan fingerprint density at radius 2 is 1.49 bits per heavy atom. The molecule has 0 radical (unpaired) electrons. The number of carbonyl (C=O) groups is 1. The van der Waals surface area contributed by atoms with Crippen molar-refractivity contribution in [3.05, 3.63) is 81.4 Å². The Hall–Kier alpha value is -4.31. The number of benzene rings is 3. The van der Waals surface area contributed by atoms with Crippen LogP contribution in [0.25, 0.3) is 0 Å². The lowest BCUT2D eigenvalue weighted by atomic mass is 9.98. The van der Waals surface area contributed by atoms with E-state index < -0.39 is 4.92 Å². The minimum Gasteiger partial charge on any atom is -0.493 e. The predicted octanol–water partition coefficient (Wildman–Crippen LogP) is 4.72. The van der Waals surface area contributed by atoms with Crippen LogP contribution in [0, 0.1) is 10.1 Å². The fourth-order valence-electron chi connectivity index (χ4n) is 4.81. The van der Waals surface area contributed by atoms with E-state index in [0.717, 1.165) is 38.2 Å². The minimum absolute atomic E-state index is 0.0659. The molecule has 1 aliphatic heterocycles. The van der Waals surface area contributed by atoms with Crippen LogP contribution < -0.4 is 23.8 Å². The van der Waals surface area contributed by atoms with E-state index in [1.165, 1.54) is 35.4 Å². The average molecular weight is 536 g/mol. The second-order valence-electron chi connectivity index (χ2n) is 9.16. The van der Waals surface area contributed by atoms with E-state index in [1.807, 2.05) is 12.1 Å². The molecular weight excluding hydrogens is 502 g/mol. The Labute approximate surface area is 227 Å². The summed E-state index contributed by atoms with van der Waals surface area (Å²) in [4.78, 5) is 28.2. The van der Waals surface area contributed by atoms with E-state index in [1.54, 1.807) is 51.5 Å². The lowest BCUT2D eigenvalue weighted by Gasteiger charge is -2.30. The van der Waals surface area contributed by atoms with Crippen LogP contribution in [0.1, 0.15) is 27.9 Å². The molecule has 1 amide bonds. The molecule has 0 fully saturated rings. The van der Waals surface area contributed by atoms with E-state index in [-0.39, 0.29) is 11.6 Å². The monoisotopic (exact) mass is 535 g/mol. The summed E-state index contributed by atoms with van der Waals surface area (Å²) in [6, 6.07) is 15.1. The van der Waals surface area contributed by atoms with Crippen LogP contribution in [0.4, 0.5) is 11.4 Å². The SMILES string of the molecule is COc1ccc(N(CCCN2CCc3cc(OC)c(OC)cc3C2)C(=O)c2ccc([N+](=O)[O-])cc2)cc1OC. The summed E-state index contributed by atoms with van der Waals surface area (Å²) in [6.45, 7) is 2.91. The molecule has 0 aliphatic carbocycles. The maximum atomic E-state index is 13.6. The van der Waals surface area contributed by atoms with Gasteiger partial charge in [-0.25, -0.2) is 0 Å². The summed E-state index contributed by atoms with van der Waals surface area (Å²) in [5.41, 5.74) is 3.41. The van der Waals surface area contributed by atoms with Gasteiger partial charge in [-0.05, 0) is 60.4 Å². The number of hydrogen-bond donors (Lipinski definition) is 0. The third-order valence-electron chi connectivity index (χ3n) is 6.90. The van der Waals surface area contributed by atoms with Gasteiger partial charge in [-0.3, -0.25) is 19.8 Å². The van der Waals surface area contributed by atoms with Gasteiger partial charge in [0.2, 0.25) is 0 Å². The third-order valence-corrected chi connectivity index (χ3v) is 6.90. The number of nitro groups is 1. The highest BCUT2D eigenvalue weighted by Crippen LogP contribution is 2.34. The van der Waals surface area contributed by atoms with Crippen molar-refractivity contribution in [3.63, 3.8) is 0 Å². The Morgan fingerprint density at radius 1 is 0.872 bits per heavy atom. The van der Waals surface area contributed by atoms with Crippen molar-refractivity contribution in [2.75, 3.05) is 53.0 Å². The molecule has 1 heterocycles. The number of nitro benzene ring substituents is 1. The lowest BCUT2D eigenvalue weighted by Crippen LogP contribution is -2.36. The number of carbonyl (C=O) groups excluding carboxylic acids is 1. The summed E-state index contributed by atoms with van der Waals surface area (Å²) < 4.78 is 21.7. The Bertz CT molecular complexity index is 1330. The van der Waals surface area contributed by atoms with Crippen molar-refractivity contribution in [2.45, 2.75) is 19.4 Å². The molecule has 39 heavy (non-hydrogen) atoms. The smallest absolute Gasteiger partial charge is 0.269 e. The second-order valence-corrected chi connectivity index (χ2v) is 9.16. The first-order valence-electron chi connectivity index (χ1n) is 12.6. The maximum Gasteiger partial charge on any atom is 0.269 e. The number of anilines is 1. The molecule has 0 unspecified atom stereocenters. The average Bonchev–Trinajstić information content (AvgIpc) is 2.97. The summed E-state index contributed by atoms with van der Waals surface area (Å²) in [7, 11) is 6.37. The van der Waals surface area contributed by atoms with Crippen LogP contribution in [0.2, 0.25) is 0 Å². The molecule has 0 N–H and O–H groups in total. The Morgan fingerprint density at radius 3 is 2.10 bits per heavy atom.